The Hall–Kier alpha value is -0.541. The first kappa shape index (κ1) is 18.5. The molecule has 0 spiro atoms. The second-order valence-corrected chi connectivity index (χ2v) is 7.30. The van der Waals surface area contributed by atoms with Crippen LogP contribution in [0, 0.1) is 0 Å². The third-order valence-corrected chi connectivity index (χ3v) is 5.28. The van der Waals surface area contributed by atoms with Gasteiger partial charge in [0.25, 0.3) is 0 Å². The molecule has 4 nitrogen and oxygen atoms in total. The summed E-state index contributed by atoms with van der Waals surface area (Å²) in [5, 5.41) is 19.6. The Morgan fingerprint density at radius 3 is 1.37 bits per heavy atom. The van der Waals surface area contributed by atoms with Crippen molar-refractivity contribution in [2.45, 2.75) is 74.8 Å². The molecule has 0 saturated heterocycles. The normalized spacial score (nSPS) is 10.5. The molecule has 0 bridgehead atoms. The fourth-order valence-electron chi connectivity index (χ4n) is 1.77. The van der Waals surface area contributed by atoms with Gasteiger partial charge >= 0.3 is 122 Å². The molecule has 0 rings (SSSR count). The number of carbonyl (C=O) groups is 2. The van der Waals surface area contributed by atoms with Crippen LogP contribution in [0.4, 0.5) is 0 Å². The van der Waals surface area contributed by atoms with Gasteiger partial charge in [-0.2, -0.15) is 0 Å². The van der Waals surface area contributed by atoms with Crippen molar-refractivity contribution in [2.24, 2.45) is 0 Å². The van der Waals surface area contributed by atoms with Crippen molar-refractivity contribution in [2.75, 3.05) is 0 Å². The topological polar surface area (TPSA) is 74.6 Å². The van der Waals surface area contributed by atoms with E-state index in [2.05, 4.69) is 0 Å². The summed E-state index contributed by atoms with van der Waals surface area (Å²) in [6.45, 7) is 0. The van der Waals surface area contributed by atoms with Crippen LogP contribution in [0.1, 0.15) is 64.2 Å². The first-order valence-electron chi connectivity index (χ1n) is 7.14. The SMILES string of the molecule is O=C(O)CCCCCC[Se]CCCCCCC(=O)O. The fraction of sp³-hybridized carbons (Fsp3) is 0.857. The van der Waals surface area contributed by atoms with Gasteiger partial charge in [-0.05, 0) is 0 Å². The predicted octanol–water partition coefficient (Wildman–Crippen LogP) is 3.60. The van der Waals surface area contributed by atoms with Gasteiger partial charge in [-0.25, -0.2) is 0 Å². The first-order valence-corrected chi connectivity index (χ1v) is 9.56. The molecule has 0 saturated carbocycles. The average Bonchev–Trinajstić information content (AvgIpc) is 2.34. The standard InChI is InChI=1S/C14H26O4Se/c15-13(16)9-5-1-3-7-11-19-12-8-4-2-6-10-14(17)18/h1-12H2,(H,15,16)(H,17,18). The molecule has 0 aliphatic carbocycles. The quantitative estimate of drug-likeness (QED) is 0.375. The van der Waals surface area contributed by atoms with Crippen LogP contribution in [0.15, 0.2) is 0 Å². The van der Waals surface area contributed by atoms with Gasteiger partial charge in [0.2, 0.25) is 0 Å². The molecular weight excluding hydrogens is 311 g/mol. The van der Waals surface area contributed by atoms with Crippen molar-refractivity contribution in [3.63, 3.8) is 0 Å². The zero-order chi connectivity index (χ0) is 14.3. The van der Waals surface area contributed by atoms with Crippen LogP contribution in [-0.2, 0) is 9.59 Å². The number of rotatable bonds is 14. The molecule has 0 aromatic heterocycles. The summed E-state index contributed by atoms with van der Waals surface area (Å²) < 4.78 is 0. The second kappa shape index (κ2) is 13.9. The Morgan fingerprint density at radius 2 is 1.00 bits per heavy atom. The molecule has 0 unspecified atom stereocenters. The van der Waals surface area contributed by atoms with Crippen molar-refractivity contribution >= 4 is 26.9 Å². The third kappa shape index (κ3) is 17.5. The van der Waals surface area contributed by atoms with Crippen molar-refractivity contribution in [1.29, 1.82) is 0 Å². The number of hydrogen-bond donors (Lipinski definition) is 2. The number of aliphatic carboxylic acids is 2. The molecule has 0 amide bonds. The monoisotopic (exact) mass is 338 g/mol. The average molecular weight is 337 g/mol. The zero-order valence-corrected chi connectivity index (χ0v) is 13.3. The van der Waals surface area contributed by atoms with Crippen LogP contribution in [0.3, 0.4) is 0 Å². The molecule has 19 heavy (non-hydrogen) atoms. The minimum atomic E-state index is -0.688. The van der Waals surface area contributed by atoms with Crippen LogP contribution in [0.2, 0.25) is 10.6 Å². The molecule has 0 aliphatic heterocycles. The van der Waals surface area contributed by atoms with Crippen molar-refractivity contribution in [3.05, 3.63) is 0 Å². The molecule has 0 aromatic rings. The van der Waals surface area contributed by atoms with E-state index >= 15 is 0 Å². The summed E-state index contributed by atoms with van der Waals surface area (Å²) in [5.74, 6) is -1.38. The van der Waals surface area contributed by atoms with E-state index in [0.29, 0.717) is 12.8 Å². The van der Waals surface area contributed by atoms with Crippen LogP contribution in [-0.4, -0.2) is 37.1 Å². The van der Waals surface area contributed by atoms with Gasteiger partial charge in [-0.3, -0.25) is 0 Å². The minimum absolute atomic E-state index is 0.307. The number of unbranched alkanes of at least 4 members (excludes halogenated alkanes) is 6. The third-order valence-electron chi connectivity index (χ3n) is 2.86. The molecule has 0 radical (unpaired) electrons. The van der Waals surface area contributed by atoms with E-state index in [1.165, 1.54) is 23.5 Å². The first-order chi connectivity index (χ1) is 9.13. The molecular formula is C14H26O4Se. The molecule has 0 aliphatic rings. The van der Waals surface area contributed by atoms with Gasteiger partial charge < -0.3 is 0 Å². The van der Waals surface area contributed by atoms with Gasteiger partial charge in [0.1, 0.15) is 0 Å². The maximum atomic E-state index is 10.3. The predicted molar refractivity (Wildman–Crippen MR) is 76.8 cm³/mol. The summed E-state index contributed by atoms with van der Waals surface area (Å²) in [4.78, 5) is 20.6. The number of carboxylic acids is 2. The Labute approximate surface area is 122 Å². The Bertz CT molecular complexity index is 220. The summed E-state index contributed by atoms with van der Waals surface area (Å²) >= 11 is 0.722. The van der Waals surface area contributed by atoms with Crippen molar-refractivity contribution < 1.29 is 19.8 Å². The summed E-state index contributed by atoms with van der Waals surface area (Å²) in [6, 6.07) is 0. The summed E-state index contributed by atoms with van der Waals surface area (Å²) in [6.07, 6.45) is 9.11. The van der Waals surface area contributed by atoms with E-state index < -0.39 is 11.9 Å². The van der Waals surface area contributed by atoms with Gasteiger partial charge in [-0.1, -0.05) is 0 Å². The van der Waals surface area contributed by atoms with E-state index in [1.807, 2.05) is 0 Å². The number of carboxylic acid groups (broad SMARTS) is 2. The van der Waals surface area contributed by atoms with Crippen LogP contribution >= 0.6 is 0 Å². The van der Waals surface area contributed by atoms with E-state index in [0.717, 1.165) is 53.5 Å². The molecule has 5 heteroatoms. The van der Waals surface area contributed by atoms with Crippen LogP contribution in [0.25, 0.3) is 0 Å². The van der Waals surface area contributed by atoms with Crippen molar-refractivity contribution in [1.82, 2.24) is 0 Å². The molecule has 0 heterocycles. The van der Waals surface area contributed by atoms with Gasteiger partial charge in [0, 0.05) is 0 Å². The fourth-order valence-corrected chi connectivity index (χ4v) is 3.91. The Kier molecular flexibility index (Phi) is 13.5. The maximum absolute atomic E-state index is 10.3. The van der Waals surface area contributed by atoms with E-state index in [-0.39, 0.29) is 0 Å². The summed E-state index contributed by atoms with van der Waals surface area (Å²) in [7, 11) is 0. The molecule has 112 valence electrons. The van der Waals surface area contributed by atoms with E-state index in [9.17, 15) is 9.59 Å². The van der Waals surface area contributed by atoms with Crippen LogP contribution in [0.5, 0.6) is 0 Å². The van der Waals surface area contributed by atoms with E-state index in [1.54, 1.807) is 0 Å². The summed E-state index contributed by atoms with van der Waals surface area (Å²) in [5.41, 5.74) is 0. The van der Waals surface area contributed by atoms with E-state index in [4.69, 9.17) is 10.2 Å². The zero-order valence-electron chi connectivity index (χ0n) is 11.6. The van der Waals surface area contributed by atoms with Gasteiger partial charge in [0.05, 0.1) is 0 Å². The molecule has 0 aromatic carbocycles. The second-order valence-electron chi connectivity index (χ2n) is 4.73. The number of hydrogen-bond acceptors (Lipinski definition) is 2. The molecule has 0 atom stereocenters. The Balaban J connectivity index is 2.99. The van der Waals surface area contributed by atoms with Crippen molar-refractivity contribution in [3.8, 4) is 0 Å². The van der Waals surface area contributed by atoms with Gasteiger partial charge in [0.15, 0.2) is 0 Å². The van der Waals surface area contributed by atoms with Gasteiger partial charge in [-0.15, -0.1) is 0 Å². The molecule has 0 fully saturated rings. The molecule has 2 N–H and O–H groups in total. The Morgan fingerprint density at radius 1 is 0.632 bits per heavy atom. The van der Waals surface area contributed by atoms with Crippen LogP contribution < -0.4 is 0 Å².